The Hall–Kier alpha value is -2.73. The lowest BCUT2D eigenvalue weighted by molar-refractivity contribution is 0.262. The lowest BCUT2D eigenvalue weighted by Gasteiger charge is -2.04. The summed E-state index contributed by atoms with van der Waals surface area (Å²) >= 11 is 1.43. The van der Waals surface area contributed by atoms with Crippen LogP contribution in [-0.4, -0.2) is 16.0 Å². The van der Waals surface area contributed by atoms with Gasteiger partial charge in [-0.15, -0.1) is 0 Å². The zero-order chi connectivity index (χ0) is 15.4. The Kier molecular flexibility index (Phi) is 4.11. The van der Waals surface area contributed by atoms with E-state index in [1.165, 1.54) is 11.3 Å². The number of thiazole rings is 1. The highest BCUT2D eigenvalue weighted by Gasteiger charge is 2.12. The topological polar surface area (TPSA) is 66.9 Å². The van der Waals surface area contributed by atoms with Crippen LogP contribution in [0.4, 0.5) is 15.6 Å². The zero-order valence-corrected chi connectivity index (χ0v) is 12.7. The van der Waals surface area contributed by atoms with E-state index in [1.54, 1.807) is 12.4 Å². The molecular formula is C16H14N4OS. The summed E-state index contributed by atoms with van der Waals surface area (Å²) in [6.45, 7) is 1.92. The number of carbonyl (C=O) groups is 1. The quantitative estimate of drug-likeness (QED) is 0.763. The summed E-state index contributed by atoms with van der Waals surface area (Å²) in [5.74, 6) is 0. The number of anilines is 2. The number of para-hydroxylation sites is 1. The number of nitrogens with one attached hydrogen (secondary N) is 2. The van der Waals surface area contributed by atoms with E-state index in [0.717, 1.165) is 21.8 Å². The van der Waals surface area contributed by atoms with Crippen LogP contribution < -0.4 is 10.6 Å². The normalized spacial score (nSPS) is 10.2. The maximum Gasteiger partial charge on any atom is 0.325 e. The van der Waals surface area contributed by atoms with Crippen molar-refractivity contribution in [2.24, 2.45) is 0 Å². The van der Waals surface area contributed by atoms with Gasteiger partial charge in [0.2, 0.25) is 0 Å². The molecule has 0 spiro atoms. The van der Waals surface area contributed by atoms with E-state index in [0.29, 0.717) is 5.13 Å². The fourth-order valence-electron chi connectivity index (χ4n) is 2.00. The molecule has 0 radical (unpaired) electrons. The minimum absolute atomic E-state index is 0.308. The van der Waals surface area contributed by atoms with Crippen molar-refractivity contribution >= 4 is 28.2 Å². The minimum atomic E-state index is -0.308. The van der Waals surface area contributed by atoms with Gasteiger partial charge in [0.05, 0.1) is 10.6 Å². The Balaban J connectivity index is 1.73. The van der Waals surface area contributed by atoms with Crippen LogP contribution >= 0.6 is 11.3 Å². The molecule has 5 nitrogen and oxygen atoms in total. The third-order valence-corrected chi connectivity index (χ3v) is 4.09. The van der Waals surface area contributed by atoms with E-state index >= 15 is 0 Å². The molecule has 0 aliphatic rings. The Morgan fingerprint density at radius 3 is 2.64 bits per heavy atom. The van der Waals surface area contributed by atoms with Gasteiger partial charge in [-0.2, -0.15) is 0 Å². The summed E-state index contributed by atoms with van der Waals surface area (Å²) < 4.78 is 0. The van der Waals surface area contributed by atoms with E-state index in [9.17, 15) is 4.79 Å². The van der Waals surface area contributed by atoms with Crippen molar-refractivity contribution < 1.29 is 4.79 Å². The van der Waals surface area contributed by atoms with Crippen LogP contribution in [0.1, 0.15) is 5.69 Å². The number of urea groups is 1. The highest BCUT2D eigenvalue weighted by molar-refractivity contribution is 7.19. The molecule has 110 valence electrons. The maximum atomic E-state index is 12.0. The molecule has 1 aromatic carbocycles. The van der Waals surface area contributed by atoms with E-state index in [-0.39, 0.29) is 6.03 Å². The van der Waals surface area contributed by atoms with E-state index in [1.807, 2.05) is 49.4 Å². The summed E-state index contributed by atoms with van der Waals surface area (Å²) in [5, 5.41) is 6.08. The zero-order valence-electron chi connectivity index (χ0n) is 11.9. The lowest BCUT2D eigenvalue weighted by Crippen LogP contribution is -2.19. The number of amides is 2. The van der Waals surface area contributed by atoms with Crippen molar-refractivity contribution in [3.8, 4) is 10.4 Å². The second kappa shape index (κ2) is 6.36. The van der Waals surface area contributed by atoms with E-state index in [2.05, 4.69) is 20.6 Å². The molecule has 0 unspecified atom stereocenters. The Labute approximate surface area is 132 Å². The second-order valence-corrected chi connectivity index (χ2v) is 5.62. The molecule has 3 aromatic rings. The molecule has 0 fully saturated rings. The first-order valence-electron chi connectivity index (χ1n) is 6.73. The first-order chi connectivity index (χ1) is 10.7. The van der Waals surface area contributed by atoms with Crippen LogP contribution in [0.3, 0.4) is 0 Å². The third kappa shape index (κ3) is 3.29. The van der Waals surface area contributed by atoms with Gasteiger partial charge in [-0.1, -0.05) is 35.6 Å². The second-order valence-electron chi connectivity index (χ2n) is 4.62. The predicted octanol–water partition coefficient (Wildman–Crippen LogP) is 4.16. The smallest absolute Gasteiger partial charge is 0.308 e. The molecule has 2 N–H and O–H groups in total. The van der Waals surface area contributed by atoms with E-state index in [4.69, 9.17) is 0 Å². The summed E-state index contributed by atoms with van der Waals surface area (Å²) in [6, 6.07) is 12.8. The van der Waals surface area contributed by atoms with Crippen molar-refractivity contribution in [3.05, 3.63) is 60.6 Å². The average molecular weight is 310 g/mol. The Morgan fingerprint density at radius 1 is 1.09 bits per heavy atom. The highest BCUT2D eigenvalue weighted by Crippen LogP contribution is 2.32. The van der Waals surface area contributed by atoms with Gasteiger partial charge in [0, 0.05) is 23.6 Å². The van der Waals surface area contributed by atoms with Crippen LogP contribution in [0.15, 0.2) is 54.9 Å². The molecule has 0 bridgehead atoms. The Bertz CT molecular complexity index is 771. The number of carbonyl (C=O) groups excluding carboxylic acids is 1. The fourth-order valence-corrected chi connectivity index (χ4v) is 2.95. The average Bonchev–Trinajstić information content (AvgIpc) is 2.89. The third-order valence-electron chi connectivity index (χ3n) is 2.97. The van der Waals surface area contributed by atoms with Gasteiger partial charge in [0.15, 0.2) is 5.13 Å². The standard InChI is InChI=1S/C16H14N4OS/c1-11-14(12-6-5-9-17-10-12)22-16(18-11)20-15(21)19-13-7-3-2-4-8-13/h2-10H,1H3,(H2,18,19,20,21). The van der Waals surface area contributed by atoms with Crippen LogP contribution in [0, 0.1) is 6.92 Å². The number of benzene rings is 1. The van der Waals surface area contributed by atoms with Gasteiger partial charge < -0.3 is 5.32 Å². The van der Waals surface area contributed by atoms with Crippen molar-refractivity contribution in [2.75, 3.05) is 10.6 Å². The molecule has 2 amide bonds. The lowest BCUT2D eigenvalue weighted by atomic mass is 10.2. The summed E-state index contributed by atoms with van der Waals surface area (Å²) in [5.41, 5.74) is 2.60. The SMILES string of the molecule is Cc1nc(NC(=O)Nc2ccccc2)sc1-c1cccnc1. The first-order valence-corrected chi connectivity index (χ1v) is 7.55. The molecule has 0 aliphatic heterocycles. The molecule has 0 saturated carbocycles. The van der Waals surface area contributed by atoms with Gasteiger partial charge in [0.1, 0.15) is 0 Å². The van der Waals surface area contributed by atoms with Gasteiger partial charge in [-0.05, 0) is 25.1 Å². The number of aromatic nitrogens is 2. The molecule has 0 aliphatic carbocycles. The van der Waals surface area contributed by atoms with Crippen LogP contribution in [-0.2, 0) is 0 Å². The maximum absolute atomic E-state index is 12.0. The molecule has 3 rings (SSSR count). The number of hydrogen-bond donors (Lipinski definition) is 2. The first kappa shape index (κ1) is 14.2. The predicted molar refractivity (Wildman–Crippen MR) is 89.2 cm³/mol. The monoisotopic (exact) mass is 310 g/mol. The number of aryl methyl sites for hydroxylation is 1. The molecule has 22 heavy (non-hydrogen) atoms. The minimum Gasteiger partial charge on any atom is -0.308 e. The van der Waals surface area contributed by atoms with Crippen LogP contribution in [0.25, 0.3) is 10.4 Å². The van der Waals surface area contributed by atoms with Gasteiger partial charge in [-0.3, -0.25) is 10.3 Å². The number of hydrogen-bond acceptors (Lipinski definition) is 4. The van der Waals surface area contributed by atoms with Gasteiger partial charge in [-0.25, -0.2) is 9.78 Å². The van der Waals surface area contributed by atoms with Gasteiger partial charge >= 0.3 is 6.03 Å². The molecule has 2 aromatic heterocycles. The van der Waals surface area contributed by atoms with Gasteiger partial charge in [0.25, 0.3) is 0 Å². The molecule has 0 atom stereocenters. The number of nitrogens with zero attached hydrogens (tertiary/aromatic N) is 2. The number of rotatable bonds is 3. The molecule has 2 heterocycles. The van der Waals surface area contributed by atoms with E-state index < -0.39 is 0 Å². The molecule has 6 heteroatoms. The van der Waals surface area contributed by atoms with Crippen molar-refractivity contribution in [3.63, 3.8) is 0 Å². The van der Waals surface area contributed by atoms with Crippen molar-refractivity contribution in [1.82, 2.24) is 9.97 Å². The van der Waals surface area contributed by atoms with Crippen LogP contribution in [0.2, 0.25) is 0 Å². The summed E-state index contributed by atoms with van der Waals surface area (Å²) in [6.07, 6.45) is 3.51. The van der Waals surface area contributed by atoms with Crippen LogP contribution in [0.5, 0.6) is 0 Å². The largest absolute Gasteiger partial charge is 0.325 e. The fraction of sp³-hybridized carbons (Fsp3) is 0.0625. The summed E-state index contributed by atoms with van der Waals surface area (Å²) in [4.78, 5) is 21.5. The molecule has 0 saturated heterocycles. The van der Waals surface area contributed by atoms with Crippen molar-refractivity contribution in [2.45, 2.75) is 6.92 Å². The molecular weight excluding hydrogens is 296 g/mol. The summed E-state index contributed by atoms with van der Waals surface area (Å²) in [7, 11) is 0. The number of pyridine rings is 1. The van der Waals surface area contributed by atoms with Crippen molar-refractivity contribution in [1.29, 1.82) is 0 Å². The Morgan fingerprint density at radius 2 is 1.91 bits per heavy atom. The highest BCUT2D eigenvalue weighted by atomic mass is 32.1.